The summed E-state index contributed by atoms with van der Waals surface area (Å²) in [6.07, 6.45) is 6.44. The molecule has 0 amide bonds. The lowest BCUT2D eigenvalue weighted by Gasteiger charge is -2.43. The summed E-state index contributed by atoms with van der Waals surface area (Å²) in [4.78, 5) is 2.35. The summed E-state index contributed by atoms with van der Waals surface area (Å²) in [6, 6.07) is 7.01. The maximum atomic E-state index is 13.6. The van der Waals surface area contributed by atoms with E-state index in [1.165, 1.54) is 38.2 Å². The van der Waals surface area contributed by atoms with Crippen molar-refractivity contribution < 1.29 is 4.39 Å². The van der Waals surface area contributed by atoms with E-state index in [0.717, 1.165) is 12.1 Å². The van der Waals surface area contributed by atoms with Crippen LogP contribution in [0.25, 0.3) is 0 Å². The summed E-state index contributed by atoms with van der Waals surface area (Å²) in [5.41, 5.74) is 1.01. The molecule has 1 aromatic carbocycles. The van der Waals surface area contributed by atoms with Crippen LogP contribution in [0.2, 0.25) is 0 Å². The van der Waals surface area contributed by atoms with E-state index in [1.54, 1.807) is 6.07 Å². The van der Waals surface area contributed by atoms with Crippen molar-refractivity contribution >= 4 is 0 Å². The van der Waals surface area contributed by atoms with Gasteiger partial charge in [0.2, 0.25) is 0 Å². The highest BCUT2D eigenvalue weighted by Gasteiger charge is 2.33. The van der Waals surface area contributed by atoms with Crippen molar-refractivity contribution in [3.63, 3.8) is 0 Å². The maximum Gasteiger partial charge on any atom is 0.127 e. The lowest BCUT2D eigenvalue weighted by atomic mass is 9.80. The van der Waals surface area contributed by atoms with E-state index in [1.807, 2.05) is 12.1 Å². The van der Waals surface area contributed by atoms with Gasteiger partial charge in [0, 0.05) is 24.2 Å². The fourth-order valence-electron chi connectivity index (χ4n) is 3.06. The number of nitrogens with one attached hydrogen (secondary N) is 1. The van der Waals surface area contributed by atoms with Crippen molar-refractivity contribution in [1.29, 1.82) is 0 Å². The van der Waals surface area contributed by atoms with Crippen LogP contribution in [0.1, 0.15) is 37.7 Å². The average molecular weight is 264 g/mol. The molecule has 0 aromatic heterocycles. The maximum absolute atomic E-state index is 13.6. The SMILES string of the molecule is CN(C)C1(CNCc2ccccc2F)CCCCC1. The molecule has 0 spiro atoms. The fourth-order valence-corrected chi connectivity index (χ4v) is 3.06. The number of hydrogen-bond donors (Lipinski definition) is 1. The summed E-state index contributed by atoms with van der Waals surface area (Å²) < 4.78 is 13.6. The number of benzene rings is 1. The van der Waals surface area contributed by atoms with Crippen LogP contribution in [0.4, 0.5) is 4.39 Å². The zero-order valence-corrected chi connectivity index (χ0v) is 12.1. The molecule has 0 aliphatic heterocycles. The van der Waals surface area contributed by atoms with Crippen molar-refractivity contribution in [3.05, 3.63) is 35.6 Å². The summed E-state index contributed by atoms with van der Waals surface area (Å²) in [7, 11) is 4.33. The smallest absolute Gasteiger partial charge is 0.127 e. The number of rotatable bonds is 5. The zero-order chi connectivity index (χ0) is 13.7. The topological polar surface area (TPSA) is 15.3 Å². The fraction of sp³-hybridized carbons (Fsp3) is 0.625. The molecule has 2 rings (SSSR count). The molecular formula is C16H25FN2. The minimum atomic E-state index is -0.113. The van der Waals surface area contributed by atoms with Gasteiger partial charge in [-0.05, 0) is 33.0 Å². The van der Waals surface area contributed by atoms with Gasteiger partial charge in [0.25, 0.3) is 0 Å². The van der Waals surface area contributed by atoms with Gasteiger partial charge in [0.1, 0.15) is 5.82 Å². The Morgan fingerprint density at radius 3 is 2.47 bits per heavy atom. The molecule has 1 N–H and O–H groups in total. The standard InChI is InChI=1S/C16H25FN2/c1-19(2)16(10-6-3-7-11-16)13-18-12-14-8-4-5-9-15(14)17/h4-5,8-9,18H,3,6-7,10-13H2,1-2H3. The van der Waals surface area contributed by atoms with Crippen LogP contribution in [0, 0.1) is 5.82 Å². The monoisotopic (exact) mass is 264 g/mol. The Morgan fingerprint density at radius 1 is 1.16 bits per heavy atom. The molecule has 1 aliphatic carbocycles. The highest BCUT2D eigenvalue weighted by atomic mass is 19.1. The zero-order valence-electron chi connectivity index (χ0n) is 12.1. The summed E-state index contributed by atoms with van der Waals surface area (Å²) in [5.74, 6) is -0.113. The van der Waals surface area contributed by atoms with Crippen LogP contribution >= 0.6 is 0 Å². The third kappa shape index (κ3) is 3.54. The number of halogens is 1. The Morgan fingerprint density at radius 2 is 1.84 bits per heavy atom. The van der Waals surface area contributed by atoms with Gasteiger partial charge in [-0.3, -0.25) is 0 Å². The second-order valence-electron chi connectivity index (χ2n) is 5.87. The number of hydrogen-bond acceptors (Lipinski definition) is 2. The molecular weight excluding hydrogens is 239 g/mol. The van der Waals surface area contributed by atoms with Crippen molar-refractivity contribution in [2.24, 2.45) is 0 Å². The first-order valence-electron chi connectivity index (χ1n) is 7.26. The van der Waals surface area contributed by atoms with Gasteiger partial charge in [-0.1, -0.05) is 37.5 Å². The minimum Gasteiger partial charge on any atom is -0.311 e. The van der Waals surface area contributed by atoms with Crippen LogP contribution in [0.5, 0.6) is 0 Å². The first-order valence-corrected chi connectivity index (χ1v) is 7.26. The van der Waals surface area contributed by atoms with Crippen LogP contribution < -0.4 is 5.32 Å². The number of likely N-dealkylation sites (N-methyl/N-ethyl adjacent to an activating group) is 1. The van der Waals surface area contributed by atoms with E-state index >= 15 is 0 Å². The van der Waals surface area contributed by atoms with Crippen LogP contribution in [0.3, 0.4) is 0 Å². The highest BCUT2D eigenvalue weighted by molar-refractivity contribution is 5.17. The van der Waals surface area contributed by atoms with Crippen molar-refractivity contribution in [2.45, 2.75) is 44.2 Å². The second kappa shape index (κ2) is 6.49. The molecule has 0 bridgehead atoms. The molecule has 19 heavy (non-hydrogen) atoms. The molecule has 1 saturated carbocycles. The van der Waals surface area contributed by atoms with Gasteiger partial charge in [-0.15, -0.1) is 0 Å². The predicted octanol–water partition coefficient (Wildman–Crippen LogP) is 3.18. The Kier molecular flexibility index (Phi) is 4.94. The van der Waals surface area contributed by atoms with E-state index < -0.39 is 0 Å². The average Bonchev–Trinajstić information content (AvgIpc) is 2.42. The van der Waals surface area contributed by atoms with Crippen LogP contribution in [-0.4, -0.2) is 31.1 Å². The molecule has 1 aliphatic rings. The Labute approximate surface area is 116 Å². The van der Waals surface area contributed by atoms with E-state index in [9.17, 15) is 4.39 Å². The molecule has 0 saturated heterocycles. The quantitative estimate of drug-likeness (QED) is 0.878. The van der Waals surface area contributed by atoms with Crippen LogP contribution in [-0.2, 0) is 6.54 Å². The second-order valence-corrected chi connectivity index (χ2v) is 5.87. The molecule has 0 atom stereocenters. The summed E-state index contributed by atoms with van der Waals surface area (Å²) >= 11 is 0. The minimum absolute atomic E-state index is 0.113. The molecule has 1 fully saturated rings. The largest absolute Gasteiger partial charge is 0.311 e. The van der Waals surface area contributed by atoms with E-state index in [-0.39, 0.29) is 11.4 Å². The van der Waals surface area contributed by atoms with Gasteiger partial charge in [-0.2, -0.15) is 0 Å². The summed E-state index contributed by atoms with van der Waals surface area (Å²) in [6.45, 7) is 1.55. The molecule has 0 radical (unpaired) electrons. The molecule has 2 nitrogen and oxygen atoms in total. The van der Waals surface area contributed by atoms with Gasteiger partial charge in [0.15, 0.2) is 0 Å². The predicted molar refractivity (Wildman–Crippen MR) is 77.6 cm³/mol. The van der Waals surface area contributed by atoms with E-state index in [2.05, 4.69) is 24.3 Å². The third-order valence-electron chi connectivity index (χ3n) is 4.46. The molecule has 0 unspecified atom stereocenters. The first-order chi connectivity index (χ1) is 9.14. The molecule has 1 aromatic rings. The normalized spacial score (nSPS) is 18.7. The highest BCUT2D eigenvalue weighted by Crippen LogP contribution is 2.31. The Balaban J connectivity index is 1.91. The lowest BCUT2D eigenvalue weighted by Crippen LogP contribution is -2.52. The van der Waals surface area contributed by atoms with Crippen molar-refractivity contribution in [3.8, 4) is 0 Å². The number of nitrogens with zero attached hydrogens (tertiary/aromatic N) is 1. The molecule has 3 heteroatoms. The van der Waals surface area contributed by atoms with Crippen LogP contribution in [0.15, 0.2) is 24.3 Å². The van der Waals surface area contributed by atoms with Crippen molar-refractivity contribution in [1.82, 2.24) is 10.2 Å². The Bertz CT molecular complexity index is 397. The Hall–Kier alpha value is -0.930. The lowest BCUT2D eigenvalue weighted by molar-refractivity contribution is 0.0983. The van der Waals surface area contributed by atoms with Gasteiger partial charge in [-0.25, -0.2) is 4.39 Å². The molecule has 0 heterocycles. The van der Waals surface area contributed by atoms with E-state index in [0.29, 0.717) is 6.54 Å². The van der Waals surface area contributed by atoms with Gasteiger partial charge >= 0.3 is 0 Å². The van der Waals surface area contributed by atoms with E-state index in [4.69, 9.17) is 0 Å². The molecule has 106 valence electrons. The van der Waals surface area contributed by atoms with Gasteiger partial charge < -0.3 is 10.2 Å². The summed E-state index contributed by atoms with van der Waals surface area (Å²) in [5, 5.41) is 3.45. The van der Waals surface area contributed by atoms with Crippen molar-refractivity contribution in [2.75, 3.05) is 20.6 Å². The third-order valence-corrected chi connectivity index (χ3v) is 4.46. The van der Waals surface area contributed by atoms with Gasteiger partial charge in [0.05, 0.1) is 0 Å². The first kappa shape index (κ1) is 14.5.